The summed E-state index contributed by atoms with van der Waals surface area (Å²) in [5.41, 5.74) is 1.99. The Morgan fingerprint density at radius 1 is 0.960 bits per heavy atom. The number of rotatable bonds is 8. The van der Waals surface area contributed by atoms with Gasteiger partial charge in [-0.05, 0) is 23.8 Å². The van der Waals surface area contributed by atoms with Crippen LogP contribution >= 0.6 is 0 Å². The van der Waals surface area contributed by atoms with E-state index in [-0.39, 0.29) is 0 Å². The Hall–Kier alpha value is -2.56. The second-order valence-electron chi connectivity index (χ2n) is 5.99. The van der Waals surface area contributed by atoms with E-state index in [4.69, 9.17) is 9.15 Å². The van der Waals surface area contributed by atoms with Gasteiger partial charge in [0, 0.05) is 18.7 Å². The molecular formula is C21H23NO3. The van der Waals surface area contributed by atoms with Crippen molar-refractivity contribution >= 4 is 0 Å². The van der Waals surface area contributed by atoms with E-state index in [2.05, 4.69) is 4.90 Å². The van der Waals surface area contributed by atoms with Gasteiger partial charge in [0.25, 0.3) is 0 Å². The van der Waals surface area contributed by atoms with Gasteiger partial charge in [-0.1, -0.05) is 48.5 Å². The highest BCUT2D eigenvalue weighted by atomic mass is 16.5. The summed E-state index contributed by atoms with van der Waals surface area (Å²) in [5.74, 6) is 1.72. The Morgan fingerprint density at radius 3 is 2.44 bits per heavy atom. The van der Waals surface area contributed by atoms with Crippen molar-refractivity contribution in [1.82, 2.24) is 4.90 Å². The molecule has 0 aliphatic rings. The lowest BCUT2D eigenvalue weighted by molar-refractivity contribution is 0.0999. The Labute approximate surface area is 148 Å². The van der Waals surface area contributed by atoms with Gasteiger partial charge < -0.3 is 14.3 Å². The Bertz CT molecular complexity index is 756. The number of furan rings is 1. The first-order valence-corrected chi connectivity index (χ1v) is 8.36. The number of ether oxygens (including phenoxy) is 1. The average molecular weight is 337 g/mol. The number of aliphatic hydroxyl groups excluding tert-OH is 1. The molecule has 1 aromatic heterocycles. The van der Waals surface area contributed by atoms with E-state index in [1.807, 2.05) is 66.7 Å². The third-order valence-corrected chi connectivity index (χ3v) is 4.16. The van der Waals surface area contributed by atoms with Gasteiger partial charge in [0.05, 0.1) is 26.0 Å². The molecule has 25 heavy (non-hydrogen) atoms. The van der Waals surface area contributed by atoms with Gasteiger partial charge in [0.15, 0.2) is 0 Å². The molecule has 1 heterocycles. The zero-order valence-electron chi connectivity index (χ0n) is 14.3. The van der Waals surface area contributed by atoms with Gasteiger partial charge in [0.2, 0.25) is 0 Å². The largest absolute Gasteiger partial charge is 0.496 e. The monoisotopic (exact) mass is 337 g/mol. The minimum atomic E-state index is -0.564. The van der Waals surface area contributed by atoms with E-state index >= 15 is 0 Å². The fraction of sp³-hybridized carbons (Fsp3) is 0.238. The fourth-order valence-corrected chi connectivity index (χ4v) is 2.91. The zero-order chi connectivity index (χ0) is 17.5. The molecule has 3 rings (SSSR count). The third kappa shape index (κ3) is 4.72. The summed E-state index contributed by atoms with van der Waals surface area (Å²) in [4.78, 5) is 2.16. The summed E-state index contributed by atoms with van der Waals surface area (Å²) in [6.07, 6.45) is 1.11. The Balaban J connectivity index is 1.77. The Morgan fingerprint density at radius 2 is 1.72 bits per heavy atom. The van der Waals surface area contributed by atoms with Crippen molar-refractivity contribution in [3.05, 3.63) is 89.9 Å². The van der Waals surface area contributed by atoms with Crippen molar-refractivity contribution < 1.29 is 14.3 Å². The second kappa shape index (κ2) is 8.51. The standard InChI is InChI=1S/C21H23NO3/c1-24-21-12-6-5-10-18(21)14-22(15-19-11-7-13-25-19)16-20(23)17-8-3-2-4-9-17/h2-13,20,23H,14-16H2,1H3. The molecule has 0 bridgehead atoms. The first-order valence-electron chi connectivity index (χ1n) is 8.36. The lowest BCUT2D eigenvalue weighted by atomic mass is 10.1. The number of hydrogen-bond donors (Lipinski definition) is 1. The van der Waals surface area contributed by atoms with Crippen molar-refractivity contribution in [3.8, 4) is 5.75 Å². The van der Waals surface area contributed by atoms with Crippen LogP contribution in [0.5, 0.6) is 5.75 Å². The van der Waals surface area contributed by atoms with E-state index in [1.54, 1.807) is 13.4 Å². The van der Waals surface area contributed by atoms with Gasteiger partial charge in [-0.2, -0.15) is 0 Å². The zero-order valence-corrected chi connectivity index (χ0v) is 14.3. The van der Waals surface area contributed by atoms with E-state index in [0.29, 0.717) is 19.6 Å². The summed E-state index contributed by atoms with van der Waals surface area (Å²) < 4.78 is 10.9. The van der Waals surface area contributed by atoms with Gasteiger partial charge in [-0.3, -0.25) is 4.90 Å². The normalized spacial score (nSPS) is 12.3. The van der Waals surface area contributed by atoms with Crippen LogP contribution in [0.3, 0.4) is 0 Å². The number of para-hydroxylation sites is 1. The molecule has 0 spiro atoms. The minimum absolute atomic E-state index is 0.503. The van der Waals surface area contributed by atoms with Crippen LogP contribution in [0.1, 0.15) is 23.0 Å². The maximum atomic E-state index is 10.6. The smallest absolute Gasteiger partial charge is 0.123 e. The van der Waals surface area contributed by atoms with Crippen molar-refractivity contribution in [1.29, 1.82) is 0 Å². The number of benzene rings is 2. The lowest BCUT2D eigenvalue weighted by Gasteiger charge is -2.25. The molecule has 1 atom stereocenters. The van der Waals surface area contributed by atoms with Crippen molar-refractivity contribution in [2.24, 2.45) is 0 Å². The highest BCUT2D eigenvalue weighted by Crippen LogP contribution is 2.23. The van der Waals surface area contributed by atoms with Gasteiger partial charge in [0.1, 0.15) is 11.5 Å². The van der Waals surface area contributed by atoms with Crippen molar-refractivity contribution in [2.45, 2.75) is 19.2 Å². The van der Waals surface area contributed by atoms with Crippen LogP contribution < -0.4 is 4.74 Å². The quantitative estimate of drug-likeness (QED) is 0.674. The van der Waals surface area contributed by atoms with Gasteiger partial charge in [-0.25, -0.2) is 0 Å². The number of aliphatic hydroxyl groups is 1. The van der Waals surface area contributed by atoms with Crippen LogP contribution in [0.2, 0.25) is 0 Å². The van der Waals surface area contributed by atoms with Crippen molar-refractivity contribution in [2.75, 3.05) is 13.7 Å². The van der Waals surface area contributed by atoms with Crippen LogP contribution in [0.25, 0.3) is 0 Å². The predicted octanol–water partition coefficient (Wildman–Crippen LogP) is 4.02. The molecule has 3 aromatic rings. The molecule has 1 unspecified atom stereocenters. The minimum Gasteiger partial charge on any atom is -0.496 e. The number of hydrogen-bond acceptors (Lipinski definition) is 4. The molecule has 1 N–H and O–H groups in total. The van der Waals surface area contributed by atoms with E-state index in [0.717, 1.165) is 22.6 Å². The Kier molecular flexibility index (Phi) is 5.88. The summed E-state index contributed by atoms with van der Waals surface area (Å²) in [6.45, 7) is 1.78. The summed E-state index contributed by atoms with van der Waals surface area (Å²) in [5, 5.41) is 10.6. The molecule has 130 valence electrons. The van der Waals surface area contributed by atoms with Crippen molar-refractivity contribution in [3.63, 3.8) is 0 Å². The highest BCUT2D eigenvalue weighted by Gasteiger charge is 2.17. The first-order chi connectivity index (χ1) is 12.3. The molecule has 2 aromatic carbocycles. The highest BCUT2D eigenvalue weighted by molar-refractivity contribution is 5.33. The van der Waals surface area contributed by atoms with E-state index in [1.165, 1.54) is 0 Å². The van der Waals surface area contributed by atoms with Gasteiger partial charge >= 0.3 is 0 Å². The fourth-order valence-electron chi connectivity index (χ4n) is 2.91. The maximum Gasteiger partial charge on any atom is 0.123 e. The number of methoxy groups -OCH3 is 1. The molecule has 0 aliphatic heterocycles. The summed E-state index contributed by atoms with van der Waals surface area (Å²) in [7, 11) is 1.68. The maximum absolute atomic E-state index is 10.6. The van der Waals surface area contributed by atoms with Gasteiger partial charge in [-0.15, -0.1) is 0 Å². The molecule has 0 aliphatic carbocycles. The van der Waals surface area contributed by atoms with Crippen LogP contribution in [0.4, 0.5) is 0 Å². The SMILES string of the molecule is COc1ccccc1CN(Cc1ccco1)CC(O)c1ccccc1. The van der Waals surface area contributed by atoms with Crippen LogP contribution in [0.15, 0.2) is 77.4 Å². The average Bonchev–Trinajstić information content (AvgIpc) is 3.16. The molecular weight excluding hydrogens is 314 g/mol. The molecule has 0 radical (unpaired) electrons. The second-order valence-corrected chi connectivity index (χ2v) is 5.99. The number of nitrogens with zero attached hydrogens (tertiary/aromatic N) is 1. The van der Waals surface area contributed by atoms with E-state index < -0.39 is 6.10 Å². The molecule has 0 saturated heterocycles. The molecule has 0 fully saturated rings. The summed E-state index contributed by atoms with van der Waals surface area (Å²) >= 11 is 0. The summed E-state index contributed by atoms with van der Waals surface area (Å²) in [6, 6.07) is 21.5. The van der Waals surface area contributed by atoms with Crippen LogP contribution in [-0.4, -0.2) is 23.7 Å². The lowest BCUT2D eigenvalue weighted by Crippen LogP contribution is -2.28. The molecule has 4 heteroatoms. The predicted molar refractivity (Wildman–Crippen MR) is 97.2 cm³/mol. The van der Waals surface area contributed by atoms with E-state index in [9.17, 15) is 5.11 Å². The first kappa shape index (κ1) is 17.3. The molecule has 4 nitrogen and oxygen atoms in total. The topological polar surface area (TPSA) is 45.8 Å². The third-order valence-electron chi connectivity index (χ3n) is 4.16. The van der Waals surface area contributed by atoms with Crippen LogP contribution in [0, 0.1) is 0 Å². The van der Waals surface area contributed by atoms with Crippen LogP contribution in [-0.2, 0) is 13.1 Å². The molecule has 0 amide bonds. The molecule has 0 saturated carbocycles.